The second-order valence-electron chi connectivity index (χ2n) is 4.13. The molecule has 0 atom stereocenters. The molecule has 0 fully saturated rings. The summed E-state index contributed by atoms with van der Waals surface area (Å²) in [6.07, 6.45) is -4.72. The van der Waals surface area contributed by atoms with Gasteiger partial charge in [-0.1, -0.05) is 17.2 Å². The maximum Gasteiger partial charge on any atom is 0.421 e. The van der Waals surface area contributed by atoms with Crippen molar-refractivity contribution in [1.29, 1.82) is 0 Å². The van der Waals surface area contributed by atoms with Gasteiger partial charge in [-0.05, 0) is 12.1 Å². The van der Waals surface area contributed by atoms with Gasteiger partial charge < -0.3 is 10.2 Å². The lowest BCUT2D eigenvalue weighted by molar-refractivity contribution is -0.175. The molecule has 1 N–H and O–H groups in total. The molecule has 0 spiro atoms. The van der Waals surface area contributed by atoms with Crippen LogP contribution in [0.15, 0.2) is 24.3 Å². The van der Waals surface area contributed by atoms with Crippen molar-refractivity contribution in [3.05, 3.63) is 35.4 Å². The summed E-state index contributed by atoms with van der Waals surface area (Å²) in [5.74, 6) is -5.51. The van der Waals surface area contributed by atoms with Crippen molar-refractivity contribution in [3.63, 3.8) is 0 Å². The molecule has 10 heteroatoms. The summed E-state index contributed by atoms with van der Waals surface area (Å²) in [4.78, 5) is 50.3. The number of amides is 3. The fraction of sp³-hybridized carbons (Fsp3) is 0.167. The maximum absolute atomic E-state index is 11.9. The van der Waals surface area contributed by atoms with E-state index in [1.54, 1.807) is 0 Å². The fourth-order valence-electron chi connectivity index (χ4n) is 1.63. The van der Waals surface area contributed by atoms with Crippen LogP contribution in [0.1, 0.15) is 20.7 Å². The van der Waals surface area contributed by atoms with Crippen LogP contribution in [0.5, 0.6) is 0 Å². The molecule has 0 saturated carbocycles. The molecule has 0 unspecified atom stereocenters. The monoisotopic (exact) mass is 316 g/mol. The number of hydroxylamine groups is 2. The Morgan fingerprint density at radius 3 is 2.05 bits per heavy atom. The molecule has 3 amide bonds. The number of nitrogens with one attached hydrogen (secondary N) is 1. The summed E-state index contributed by atoms with van der Waals surface area (Å²) >= 11 is 0. The highest BCUT2D eigenvalue weighted by atomic mass is 19.4. The minimum Gasteiger partial charge on any atom is -0.337 e. The zero-order chi connectivity index (χ0) is 16.5. The normalized spacial score (nSPS) is 13.9. The van der Waals surface area contributed by atoms with Crippen molar-refractivity contribution in [2.45, 2.75) is 6.18 Å². The van der Waals surface area contributed by atoms with E-state index in [-0.39, 0.29) is 16.2 Å². The van der Waals surface area contributed by atoms with E-state index < -0.39 is 36.4 Å². The Labute approximate surface area is 120 Å². The summed E-state index contributed by atoms with van der Waals surface area (Å²) in [6.45, 7) is -1.75. The quantitative estimate of drug-likeness (QED) is 0.630. The van der Waals surface area contributed by atoms with Gasteiger partial charge in [0.1, 0.15) is 6.54 Å². The molecule has 0 aromatic heterocycles. The van der Waals surface area contributed by atoms with Gasteiger partial charge in [0.05, 0.1) is 11.1 Å². The van der Waals surface area contributed by atoms with Crippen LogP contribution in [0.2, 0.25) is 0 Å². The molecule has 1 heterocycles. The summed E-state index contributed by atoms with van der Waals surface area (Å²) in [5, 5.41) is 1.29. The molecule has 0 aliphatic carbocycles. The Hall–Kier alpha value is -2.91. The van der Waals surface area contributed by atoms with Crippen molar-refractivity contribution in [2.75, 3.05) is 6.54 Å². The molecule has 0 saturated heterocycles. The topological polar surface area (TPSA) is 92.8 Å². The number of halogens is 3. The van der Waals surface area contributed by atoms with E-state index in [9.17, 15) is 32.3 Å². The number of benzene rings is 1. The third-order valence-electron chi connectivity index (χ3n) is 2.57. The van der Waals surface area contributed by atoms with Crippen molar-refractivity contribution in [3.8, 4) is 0 Å². The van der Waals surface area contributed by atoms with Gasteiger partial charge >= 0.3 is 18.1 Å². The van der Waals surface area contributed by atoms with Crippen LogP contribution in [0.4, 0.5) is 13.2 Å². The number of imide groups is 1. The first-order valence-corrected chi connectivity index (χ1v) is 5.75. The first kappa shape index (κ1) is 15.5. The smallest absolute Gasteiger partial charge is 0.337 e. The number of hydrogen-bond donors (Lipinski definition) is 1. The summed E-state index contributed by atoms with van der Waals surface area (Å²) in [5.41, 5.74) is -0.0907. The molecular weight excluding hydrogens is 309 g/mol. The first-order chi connectivity index (χ1) is 10.2. The van der Waals surface area contributed by atoms with Gasteiger partial charge in [0.2, 0.25) is 0 Å². The van der Waals surface area contributed by atoms with Crippen LogP contribution >= 0.6 is 0 Å². The standard InChI is InChI=1S/C12H7F3N2O5/c13-12(14,15)5-16-8(18)11(21)22-17-9(19)6-3-1-2-4-7(6)10(17)20/h1-4H,5H2,(H,16,18). The number of hydrogen-bond acceptors (Lipinski definition) is 5. The lowest BCUT2D eigenvalue weighted by atomic mass is 10.1. The van der Waals surface area contributed by atoms with Crippen molar-refractivity contribution >= 4 is 23.7 Å². The van der Waals surface area contributed by atoms with E-state index in [0.717, 1.165) is 0 Å². The van der Waals surface area contributed by atoms with Crippen molar-refractivity contribution < 1.29 is 37.2 Å². The minimum absolute atomic E-state index is 0.0279. The van der Waals surface area contributed by atoms with Crippen LogP contribution in [0.3, 0.4) is 0 Å². The van der Waals surface area contributed by atoms with Gasteiger partial charge in [0.15, 0.2) is 0 Å². The Kier molecular flexibility index (Phi) is 3.85. The number of carbonyl (C=O) groups excluding carboxylic acids is 4. The Balaban J connectivity index is 2.03. The summed E-state index contributed by atoms with van der Waals surface area (Å²) in [6, 6.07) is 5.52. The third-order valence-corrected chi connectivity index (χ3v) is 2.57. The second-order valence-corrected chi connectivity index (χ2v) is 4.13. The summed E-state index contributed by atoms with van der Waals surface area (Å²) < 4.78 is 35.7. The highest BCUT2D eigenvalue weighted by Gasteiger charge is 2.40. The number of rotatable bonds is 2. The SMILES string of the molecule is O=C(NCC(F)(F)F)C(=O)ON1C(=O)c2ccccc2C1=O. The molecular formula is C12H7F3N2O5. The Morgan fingerprint density at radius 2 is 1.59 bits per heavy atom. The Bertz CT molecular complexity index is 636. The highest BCUT2D eigenvalue weighted by Crippen LogP contribution is 2.22. The minimum atomic E-state index is -4.72. The van der Waals surface area contributed by atoms with Crippen molar-refractivity contribution in [1.82, 2.24) is 10.4 Å². The lowest BCUT2D eigenvalue weighted by Gasteiger charge is -2.12. The predicted octanol–water partition coefficient (Wildman–Crippen LogP) is 0.419. The van der Waals surface area contributed by atoms with Gasteiger partial charge in [-0.3, -0.25) is 14.4 Å². The molecule has 1 aromatic carbocycles. The van der Waals surface area contributed by atoms with Gasteiger partial charge in [0.25, 0.3) is 11.8 Å². The average molecular weight is 316 g/mol. The zero-order valence-electron chi connectivity index (χ0n) is 10.6. The molecule has 1 aliphatic heterocycles. The van der Waals surface area contributed by atoms with E-state index in [1.165, 1.54) is 29.6 Å². The second kappa shape index (κ2) is 5.47. The highest BCUT2D eigenvalue weighted by molar-refractivity contribution is 6.33. The number of alkyl halides is 3. The van der Waals surface area contributed by atoms with Crippen LogP contribution < -0.4 is 5.32 Å². The maximum atomic E-state index is 11.9. The average Bonchev–Trinajstić information content (AvgIpc) is 2.69. The van der Waals surface area contributed by atoms with E-state index in [0.29, 0.717) is 0 Å². The van der Waals surface area contributed by atoms with Gasteiger partial charge in [-0.2, -0.15) is 13.2 Å². The van der Waals surface area contributed by atoms with Gasteiger partial charge in [0, 0.05) is 0 Å². The molecule has 2 rings (SSSR count). The molecule has 0 bridgehead atoms. The molecule has 7 nitrogen and oxygen atoms in total. The van der Waals surface area contributed by atoms with E-state index in [2.05, 4.69) is 4.84 Å². The first-order valence-electron chi connectivity index (χ1n) is 5.75. The molecule has 1 aromatic rings. The van der Waals surface area contributed by atoms with Crippen LogP contribution in [0.25, 0.3) is 0 Å². The number of fused-ring (bicyclic) bond motifs is 1. The van der Waals surface area contributed by atoms with Crippen molar-refractivity contribution in [2.24, 2.45) is 0 Å². The number of nitrogens with zero attached hydrogens (tertiary/aromatic N) is 1. The predicted molar refractivity (Wildman–Crippen MR) is 62.1 cm³/mol. The van der Waals surface area contributed by atoms with Crippen LogP contribution in [0, 0.1) is 0 Å². The van der Waals surface area contributed by atoms with Gasteiger partial charge in [-0.15, -0.1) is 0 Å². The largest absolute Gasteiger partial charge is 0.421 e. The third kappa shape index (κ3) is 3.05. The zero-order valence-corrected chi connectivity index (χ0v) is 10.6. The number of carbonyl (C=O) groups is 4. The van der Waals surface area contributed by atoms with Gasteiger partial charge in [-0.25, -0.2) is 4.79 Å². The van der Waals surface area contributed by atoms with E-state index in [4.69, 9.17) is 0 Å². The lowest BCUT2D eigenvalue weighted by Crippen LogP contribution is -2.42. The Morgan fingerprint density at radius 1 is 1.09 bits per heavy atom. The fourth-order valence-corrected chi connectivity index (χ4v) is 1.63. The molecule has 22 heavy (non-hydrogen) atoms. The molecule has 116 valence electrons. The van der Waals surface area contributed by atoms with E-state index >= 15 is 0 Å². The van der Waals surface area contributed by atoms with E-state index in [1.807, 2.05) is 0 Å². The molecule has 0 radical (unpaired) electrons. The van der Waals surface area contributed by atoms with Crippen LogP contribution in [-0.4, -0.2) is 41.5 Å². The summed E-state index contributed by atoms with van der Waals surface area (Å²) in [7, 11) is 0. The van der Waals surface area contributed by atoms with Crippen LogP contribution in [-0.2, 0) is 14.4 Å². The molecule has 1 aliphatic rings.